The first-order valence-electron chi connectivity index (χ1n) is 17.7. The molecule has 2 heterocycles. The van der Waals surface area contributed by atoms with Crippen molar-refractivity contribution in [3.05, 3.63) is 95.1 Å². The molecule has 4 heteroatoms. The second-order valence-electron chi connectivity index (χ2n) is 16.1. The number of hydrogen-bond donors (Lipinski definition) is 1. The molecule has 0 atom stereocenters. The Bertz CT molecular complexity index is 1970. The lowest BCUT2D eigenvalue weighted by Crippen LogP contribution is -2.11. The maximum atomic E-state index is 5.56. The number of unbranched alkanes of at least 4 members (excludes halogenated alkanes) is 1. The highest BCUT2D eigenvalue weighted by atomic mass is 15.2. The quantitative estimate of drug-likeness (QED) is 0.182. The number of nitrogens with zero attached hydrogens (tertiary/aromatic N) is 3. The second-order valence-corrected chi connectivity index (χ2v) is 16.1. The van der Waals surface area contributed by atoms with Crippen molar-refractivity contribution >= 4 is 44.2 Å². The smallest absolute Gasteiger partial charge is 0.215 e. The molecule has 4 nitrogen and oxygen atoms in total. The van der Waals surface area contributed by atoms with Gasteiger partial charge in [-0.3, -0.25) is 4.57 Å². The molecule has 0 radical (unpaired) electrons. The van der Waals surface area contributed by atoms with Crippen LogP contribution in [0.5, 0.6) is 0 Å². The minimum atomic E-state index is 0.0558. The Labute approximate surface area is 282 Å². The maximum Gasteiger partial charge on any atom is 0.215 e. The Morgan fingerprint density at radius 1 is 0.681 bits per heavy atom. The topological polar surface area (TPSA) is 34.8 Å². The molecular weight excluding hydrogens is 573 g/mol. The third kappa shape index (κ3) is 5.96. The standard InChI is InChI=1S/C43H54N4/c1-12-13-24-46-38-19-15-18-35(44-39-31(27(2)3)16-14-17-32(39)28(4)5)40(38)45-41(46)47-36-22-20-29(42(6,7)8)25-33(36)34-26-30(43(9,10)11)21-23-37(34)47/h14-23,25-28,44H,12-13,24H2,1-11H3. The number of aryl methyl sites for hydroxylation is 1. The summed E-state index contributed by atoms with van der Waals surface area (Å²) >= 11 is 0. The molecule has 0 amide bonds. The number of nitrogens with one attached hydrogen (secondary N) is 1. The van der Waals surface area contributed by atoms with Crippen molar-refractivity contribution < 1.29 is 0 Å². The summed E-state index contributed by atoms with van der Waals surface area (Å²) in [7, 11) is 0. The molecule has 0 aliphatic rings. The number of anilines is 2. The van der Waals surface area contributed by atoms with Gasteiger partial charge in [-0.05, 0) is 87.7 Å². The van der Waals surface area contributed by atoms with Crippen LogP contribution in [0.2, 0.25) is 0 Å². The Kier molecular flexibility index (Phi) is 8.53. The van der Waals surface area contributed by atoms with Crippen LogP contribution in [0.25, 0.3) is 38.8 Å². The number of aromatic nitrogens is 3. The molecule has 0 aliphatic heterocycles. The van der Waals surface area contributed by atoms with Crippen molar-refractivity contribution in [1.82, 2.24) is 14.1 Å². The summed E-state index contributed by atoms with van der Waals surface area (Å²) in [6, 6.07) is 27.5. The highest BCUT2D eigenvalue weighted by Gasteiger charge is 2.24. The van der Waals surface area contributed by atoms with E-state index in [1.165, 1.54) is 55.3 Å². The molecule has 1 N–H and O–H groups in total. The zero-order chi connectivity index (χ0) is 33.8. The van der Waals surface area contributed by atoms with E-state index in [1.54, 1.807) is 0 Å². The summed E-state index contributed by atoms with van der Waals surface area (Å²) in [5.41, 5.74) is 12.3. The van der Waals surface area contributed by atoms with Gasteiger partial charge in [-0.2, -0.15) is 0 Å². The van der Waals surface area contributed by atoms with Crippen LogP contribution in [-0.4, -0.2) is 14.1 Å². The first kappa shape index (κ1) is 32.9. The van der Waals surface area contributed by atoms with E-state index in [4.69, 9.17) is 4.98 Å². The van der Waals surface area contributed by atoms with Crippen LogP contribution in [0.15, 0.2) is 72.8 Å². The van der Waals surface area contributed by atoms with Gasteiger partial charge in [0.25, 0.3) is 0 Å². The predicted octanol–water partition coefficient (Wildman–Crippen LogP) is 12.5. The number of benzene rings is 4. The molecule has 6 aromatic rings. The molecule has 0 spiro atoms. The highest BCUT2D eigenvalue weighted by Crippen LogP contribution is 2.40. The van der Waals surface area contributed by atoms with E-state index in [1.807, 2.05) is 0 Å². The molecule has 0 saturated heterocycles. The van der Waals surface area contributed by atoms with Gasteiger partial charge in [0.05, 0.1) is 22.2 Å². The highest BCUT2D eigenvalue weighted by molar-refractivity contribution is 6.10. The lowest BCUT2D eigenvalue weighted by molar-refractivity contribution is 0.590. The van der Waals surface area contributed by atoms with E-state index in [-0.39, 0.29) is 10.8 Å². The van der Waals surface area contributed by atoms with Crippen molar-refractivity contribution in [2.75, 3.05) is 5.32 Å². The Morgan fingerprint density at radius 2 is 1.21 bits per heavy atom. The van der Waals surface area contributed by atoms with Gasteiger partial charge in [0.1, 0.15) is 5.52 Å². The van der Waals surface area contributed by atoms with Gasteiger partial charge in [0.15, 0.2) is 0 Å². The number of imidazole rings is 1. The van der Waals surface area contributed by atoms with Crippen molar-refractivity contribution in [3.63, 3.8) is 0 Å². The third-order valence-electron chi connectivity index (χ3n) is 9.82. The molecule has 0 aliphatic carbocycles. The van der Waals surface area contributed by atoms with Crippen molar-refractivity contribution in [1.29, 1.82) is 0 Å². The number of hydrogen-bond acceptors (Lipinski definition) is 2. The van der Waals surface area contributed by atoms with Crippen LogP contribution in [0.1, 0.15) is 123 Å². The summed E-state index contributed by atoms with van der Waals surface area (Å²) in [4.78, 5) is 5.56. The van der Waals surface area contributed by atoms with E-state index >= 15 is 0 Å². The maximum absolute atomic E-state index is 5.56. The molecule has 6 rings (SSSR count). The normalized spacial score (nSPS) is 12.8. The zero-order valence-electron chi connectivity index (χ0n) is 30.5. The first-order valence-corrected chi connectivity index (χ1v) is 17.7. The van der Waals surface area contributed by atoms with Gasteiger partial charge in [-0.15, -0.1) is 0 Å². The minimum Gasteiger partial charge on any atom is -0.353 e. The monoisotopic (exact) mass is 626 g/mol. The van der Waals surface area contributed by atoms with E-state index in [0.717, 1.165) is 36.5 Å². The average molecular weight is 627 g/mol. The van der Waals surface area contributed by atoms with Crippen molar-refractivity contribution in [2.24, 2.45) is 0 Å². The van der Waals surface area contributed by atoms with Gasteiger partial charge in [0, 0.05) is 23.0 Å². The molecule has 47 heavy (non-hydrogen) atoms. The molecule has 0 bridgehead atoms. The summed E-state index contributed by atoms with van der Waals surface area (Å²) < 4.78 is 4.88. The van der Waals surface area contributed by atoms with Gasteiger partial charge >= 0.3 is 0 Å². The molecule has 4 aromatic carbocycles. The summed E-state index contributed by atoms with van der Waals surface area (Å²) in [5.74, 6) is 1.79. The van der Waals surface area contributed by atoms with Gasteiger partial charge in [-0.1, -0.05) is 119 Å². The van der Waals surface area contributed by atoms with E-state index < -0.39 is 0 Å². The molecule has 0 fully saturated rings. The fraction of sp³-hybridized carbons (Fsp3) is 0.419. The van der Waals surface area contributed by atoms with Crippen LogP contribution in [0.4, 0.5) is 11.4 Å². The van der Waals surface area contributed by atoms with Crippen LogP contribution >= 0.6 is 0 Å². The second kappa shape index (κ2) is 12.2. The average Bonchev–Trinajstić information content (AvgIpc) is 3.53. The molecule has 0 saturated carbocycles. The third-order valence-corrected chi connectivity index (χ3v) is 9.82. The largest absolute Gasteiger partial charge is 0.353 e. The molecule has 2 aromatic heterocycles. The Hall–Kier alpha value is -4.05. The van der Waals surface area contributed by atoms with Gasteiger partial charge < -0.3 is 9.88 Å². The molecule has 246 valence electrons. The van der Waals surface area contributed by atoms with Crippen LogP contribution in [0, 0.1) is 0 Å². The SMILES string of the molecule is CCCCn1c(-n2c3ccc(C(C)(C)C)cc3c3cc(C(C)(C)C)ccc32)nc2c(Nc3c(C(C)C)cccc3C(C)C)cccc21. The Morgan fingerprint density at radius 3 is 1.70 bits per heavy atom. The van der Waals surface area contributed by atoms with Crippen molar-refractivity contribution in [2.45, 2.75) is 118 Å². The summed E-state index contributed by atoms with van der Waals surface area (Å²) in [6.07, 6.45) is 2.21. The Balaban J connectivity index is 1.65. The van der Waals surface area contributed by atoms with Crippen LogP contribution in [-0.2, 0) is 17.4 Å². The zero-order valence-corrected chi connectivity index (χ0v) is 30.5. The predicted molar refractivity (Wildman–Crippen MR) is 204 cm³/mol. The molecular formula is C43H54N4. The van der Waals surface area contributed by atoms with Gasteiger partial charge in [0.2, 0.25) is 5.95 Å². The van der Waals surface area contributed by atoms with E-state index in [0.29, 0.717) is 11.8 Å². The van der Waals surface area contributed by atoms with Crippen LogP contribution < -0.4 is 5.32 Å². The number of para-hydroxylation sites is 2. The lowest BCUT2D eigenvalue weighted by atomic mass is 9.85. The number of rotatable bonds is 8. The lowest BCUT2D eigenvalue weighted by Gasteiger charge is -2.21. The number of fused-ring (bicyclic) bond motifs is 4. The van der Waals surface area contributed by atoms with Crippen molar-refractivity contribution in [3.8, 4) is 5.95 Å². The van der Waals surface area contributed by atoms with E-state index in [9.17, 15) is 0 Å². The van der Waals surface area contributed by atoms with Crippen LogP contribution in [0.3, 0.4) is 0 Å². The molecule has 0 unspecified atom stereocenters. The van der Waals surface area contributed by atoms with E-state index in [2.05, 4.69) is 163 Å². The fourth-order valence-corrected chi connectivity index (χ4v) is 6.94. The minimum absolute atomic E-state index is 0.0558. The first-order chi connectivity index (χ1) is 22.2. The fourth-order valence-electron chi connectivity index (χ4n) is 6.94. The summed E-state index contributed by atoms with van der Waals surface area (Å²) in [5, 5.41) is 6.51. The summed E-state index contributed by atoms with van der Waals surface area (Å²) in [6.45, 7) is 26.1. The van der Waals surface area contributed by atoms with Gasteiger partial charge in [-0.25, -0.2) is 4.98 Å².